The molecular formula is C16H28N4O2. The highest BCUT2D eigenvalue weighted by atomic mass is 16.3. The molecule has 2 unspecified atom stereocenters. The molecule has 2 rings (SSSR count). The Morgan fingerprint density at radius 2 is 1.18 bits per heavy atom. The Morgan fingerprint density at radius 3 is 1.45 bits per heavy atom. The summed E-state index contributed by atoms with van der Waals surface area (Å²) in [5, 5.41) is 28.2. The summed E-state index contributed by atoms with van der Waals surface area (Å²) in [6.45, 7) is 8.96. The predicted molar refractivity (Wildman–Crippen MR) is 88.1 cm³/mol. The number of aliphatic imine (C=N–C) groups is 2. The Balaban J connectivity index is 2.09. The van der Waals surface area contributed by atoms with Crippen LogP contribution in [0, 0.1) is 0 Å². The van der Waals surface area contributed by atoms with Gasteiger partial charge in [-0.05, 0) is 53.4 Å². The van der Waals surface area contributed by atoms with Crippen molar-refractivity contribution in [2.45, 2.75) is 76.7 Å². The van der Waals surface area contributed by atoms with E-state index >= 15 is 0 Å². The molecule has 0 saturated heterocycles. The van der Waals surface area contributed by atoms with E-state index in [1.807, 2.05) is 27.7 Å². The maximum atomic E-state index is 9.55. The Morgan fingerprint density at radius 1 is 0.818 bits per heavy atom. The van der Waals surface area contributed by atoms with Gasteiger partial charge < -0.3 is 10.2 Å². The number of hydrogen-bond acceptors (Lipinski definition) is 6. The first kappa shape index (κ1) is 17.2. The number of azo groups is 1. The van der Waals surface area contributed by atoms with E-state index < -0.39 is 11.1 Å². The number of hydrogen-bond donors (Lipinski definition) is 2. The maximum absolute atomic E-state index is 9.55. The Labute approximate surface area is 132 Å². The zero-order valence-corrected chi connectivity index (χ0v) is 14.1. The second-order valence-electron chi connectivity index (χ2n) is 7.28. The van der Waals surface area contributed by atoms with Gasteiger partial charge >= 0.3 is 0 Å². The zero-order valence-electron chi connectivity index (χ0n) is 14.1. The molecule has 0 aromatic heterocycles. The van der Waals surface area contributed by atoms with Crippen LogP contribution in [0.3, 0.4) is 0 Å². The van der Waals surface area contributed by atoms with Crippen LogP contribution >= 0.6 is 0 Å². The van der Waals surface area contributed by atoms with Crippen LogP contribution in [-0.2, 0) is 0 Å². The lowest BCUT2D eigenvalue weighted by atomic mass is 9.91. The normalized spacial score (nSPS) is 27.7. The average Bonchev–Trinajstić information content (AvgIpc) is 2.46. The van der Waals surface area contributed by atoms with Crippen molar-refractivity contribution in [3.05, 3.63) is 0 Å². The van der Waals surface area contributed by atoms with Gasteiger partial charge in [-0.15, -0.1) is 0 Å². The van der Waals surface area contributed by atoms with Crippen molar-refractivity contribution in [3.8, 4) is 0 Å². The third-order valence-corrected chi connectivity index (χ3v) is 4.38. The summed E-state index contributed by atoms with van der Waals surface area (Å²) in [4.78, 5) is 8.91. The summed E-state index contributed by atoms with van der Waals surface area (Å²) in [5.41, 5.74) is 1.09. The second kappa shape index (κ2) is 6.54. The van der Waals surface area contributed by atoms with E-state index in [4.69, 9.17) is 0 Å². The smallest absolute Gasteiger partial charge is 0.113 e. The third kappa shape index (κ3) is 4.20. The minimum atomic E-state index is -0.452. The van der Waals surface area contributed by atoms with Gasteiger partial charge in [0.25, 0.3) is 0 Å². The fourth-order valence-electron chi connectivity index (χ4n) is 2.74. The molecule has 0 fully saturated rings. The summed E-state index contributed by atoms with van der Waals surface area (Å²) < 4.78 is 0. The van der Waals surface area contributed by atoms with Crippen LogP contribution in [-0.4, -0.2) is 58.0 Å². The van der Waals surface area contributed by atoms with Crippen LogP contribution in [0.25, 0.3) is 0 Å². The van der Waals surface area contributed by atoms with Crippen LogP contribution < -0.4 is 0 Å². The lowest BCUT2D eigenvalue weighted by Crippen LogP contribution is -2.37. The second-order valence-corrected chi connectivity index (χ2v) is 7.28. The molecule has 0 aliphatic carbocycles. The molecule has 2 atom stereocenters. The van der Waals surface area contributed by atoms with Crippen molar-refractivity contribution >= 4 is 11.4 Å². The maximum Gasteiger partial charge on any atom is 0.113 e. The van der Waals surface area contributed by atoms with Crippen molar-refractivity contribution in [1.82, 2.24) is 0 Å². The van der Waals surface area contributed by atoms with Crippen molar-refractivity contribution in [2.75, 3.05) is 13.1 Å². The van der Waals surface area contributed by atoms with Crippen LogP contribution in [0.1, 0.15) is 53.4 Å². The molecule has 0 spiro atoms. The molecule has 2 aliphatic rings. The molecule has 2 heterocycles. The van der Waals surface area contributed by atoms with Gasteiger partial charge in [-0.25, -0.2) is 0 Å². The van der Waals surface area contributed by atoms with Crippen LogP contribution in [0.5, 0.6) is 0 Å². The first-order valence-corrected chi connectivity index (χ1v) is 8.08. The molecule has 0 saturated carbocycles. The first-order chi connectivity index (χ1) is 10.2. The number of aliphatic hydroxyl groups is 2. The molecule has 22 heavy (non-hydrogen) atoms. The van der Waals surface area contributed by atoms with Crippen molar-refractivity contribution in [1.29, 1.82) is 0 Å². The summed E-state index contributed by atoms with van der Waals surface area (Å²) in [7, 11) is 0. The van der Waals surface area contributed by atoms with E-state index in [9.17, 15) is 10.2 Å². The molecule has 2 N–H and O–H groups in total. The number of rotatable bonds is 4. The molecule has 0 radical (unpaired) electrons. The summed E-state index contributed by atoms with van der Waals surface area (Å²) in [5.74, 6) is 0. The van der Waals surface area contributed by atoms with Crippen molar-refractivity contribution in [2.24, 2.45) is 20.2 Å². The van der Waals surface area contributed by atoms with Gasteiger partial charge in [0.2, 0.25) is 0 Å². The van der Waals surface area contributed by atoms with Gasteiger partial charge in [-0.3, -0.25) is 9.98 Å². The molecule has 0 aromatic rings. The van der Waals surface area contributed by atoms with Gasteiger partial charge in [-0.2, -0.15) is 10.2 Å². The largest absolute Gasteiger partial charge is 0.391 e. The third-order valence-electron chi connectivity index (χ3n) is 4.38. The quantitative estimate of drug-likeness (QED) is 0.779. The van der Waals surface area contributed by atoms with Gasteiger partial charge in [0.1, 0.15) is 11.1 Å². The average molecular weight is 308 g/mol. The van der Waals surface area contributed by atoms with Gasteiger partial charge in [0.15, 0.2) is 0 Å². The fraction of sp³-hybridized carbons (Fsp3) is 0.875. The monoisotopic (exact) mass is 308 g/mol. The van der Waals surface area contributed by atoms with Crippen LogP contribution in [0.4, 0.5) is 0 Å². The molecule has 6 nitrogen and oxygen atoms in total. The Hall–Kier alpha value is -1.14. The molecular weight excluding hydrogens is 280 g/mol. The summed E-state index contributed by atoms with van der Waals surface area (Å²) in [6, 6.07) is 0. The van der Waals surface area contributed by atoms with Gasteiger partial charge in [0, 0.05) is 11.4 Å². The molecule has 6 heteroatoms. The van der Waals surface area contributed by atoms with E-state index in [0.29, 0.717) is 13.1 Å². The highest BCUT2D eigenvalue weighted by Gasteiger charge is 2.31. The zero-order chi connectivity index (χ0) is 16.4. The SMILES string of the molecule is CC(C)(N=NC(C)(C)C1=NCC(O)CC1)C1=NCC(O)CC1. The van der Waals surface area contributed by atoms with E-state index in [2.05, 4.69) is 20.2 Å². The fourth-order valence-corrected chi connectivity index (χ4v) is 2.74. The Bertz CT molecular complexity index is 450. The molecule has 0 bridgehead atoms. The first-order valence-electron chi connectivity index (χ1n) is 8.08. The molecule has 0 amide bonds. The molecule has 2 aliphatic heterocycles. The lowest BCUT2D eigenvalue weighted by Gasteiger charge is -2.29. The highest BCUT2D eigenvalue weighted by Crippen LogP contribution is 2.25. The Kier molecular flexibility index (Phi) is 5.12. The van der Waals surface area contributed by atoms with Gasteiger partial charge in [0.05, 0.1) is 25.3 Å². The van der Waals surface area contributed by atoms with E-state index in [-0.39, 0.29) is 12.2 Å². The number of nitrogens with zero attached hydrogens (tertiary/aromatic N) is 4. The lowest BCUT2D eigenvalue weighted by molar-refractivity contribution is 0.169. The standard InChI is InChI=1S/C16H28N4O2/c1-15(2,13-7-5-11(21)9-17-13)19-20-16(3,4)14-8-6-12(22)10-18-14/h11-12,21-22H,5-10H2,1-4H3. The van der Waals surface area contributed by atoms with Crippen LogP contribution in [0.2, 0.25) is 0 Å². The van der Waals surface area contributed by atoms with E-state index in [1.165, 1.54) is 0 Å². The predicted octanol–water partition coefficient (Wildman–Crippen LogP) is 2.19. The van der Waals surface area contributed by atoms with Crippen molar-refractivity contribution in [3.63, 3.8) is 0 Å². The topological polar surface area (TPSA) is 89.9 Å². The highest BCUT2D eigenvalue weighted by molar-refractivity contribution is 5.94. The molecule has 0 aromatic carbocycles. The minimum Gasteiger partial charge on any atom is -0.391 e. The molecule has 124 valence electrons. The van der Waals surface area contributed by atoms with E-state index in [0.717, 1.165) is 37.1 Å². The van der Waals surface area contributed by atoms with Crippen molar-refractivity contribution < 1.29 is 10.2 Å². The summed E-state index contributed by atoms with van der Waals surface area (Å²) >= 11 is 0. The summed E-state index contributed by atoms with van der Waals surface area (Å²) in [6.07, 6.45) is 2.37. The van der Waals surface area contributed by atoms with E-state index in [1.54, 1.807) is 0 Å². The number of aliphatic hydroxyl groups excluding tert-OH is 2. The van der Waals surface area contributed by atoms with Crippen LogP contribution in [0.15, 0.2) is 20.2 Å². The van der Waals surface area contributed by atoms with Gasteiger partial charge in [-0.1, -0.05) is 0 Å². The minimum absolute atomic E-state index is 0.323.